The lowest BCUT2D eigenvalue weighted by atomic mass is 10.1. The summed E-state index contributed by atoms with van der Waals surface area (Å²) in [5.74, 6) is -0.234. The molecule has 7 nitrogen and oxygen atoms in total. The SMILES string of the molecule is CSc1ccc2c(c1)C1=NC(N=N)[N+](=N)N=C1C2=O. The van der Waals surface area contributed by atoms with Crippen molar-refractivity contribution in [3.05, 3.63) is 29.3 Å². The number of hydrogen-bond acceptors (Lipinski definition) is 6. The molecule has 3 rings (SSSR count). The molecule has 1 aromatic carbocycles. The molecule has 1 aliphatic carbocycles. The number of fused-ring (bicyclic) bond motifs is 3. The molecular formula is C11H9N6OS+. The molecule has 1 unspecified atom stereocenters. The molecule has 8 heteroatoms. The Morgan fingerprint density at radius 1 is 1.37 bits per heavy atom. The molecule has 1 heterocycles. The van der Waals surface area contributed by atoms with E-state index >= 15 is 0 Å². The third kappa shape index (κ3) is 1.64. The number of ketones is 1. The van der Waals surface area contributed by atoms with Crippen LogP contribution in [-0.4, -0.2) is 34.6 Å². The van der Waals surface area contributed by atoms with E-state index in [2.05, 4.69) is 15.2 Å². The molecule has 0 spiro atoms. The summed E-state index contributed by atoms with van der Waals surface area (Å²) in [6.07, 6.45) is 0.930. The maximum Gasteiger partial charge on any atom is 0.418 e. The van der Waals surface area contributed by atoms with Crippen LogP contribution in [0.2, 0.25) is 0 Å². The van der Waals surface area contributed by atoms with E-state index in [1.807, 2.05) is 18.4 Å². The van der Waals surface area contributed by atoms with Gasteiger partial charge in [0, 0.05) is 21.1 Å². The Balaban J connectivity index is 2.22. The molecule has 0 radical (unpaired) electrons. The summed E-state index contributed by atoms with van der Waals surface area (Å²) in [6, 6.07) is 5.48. The van der Waals surface area contributed by atoms with E-state index in [0.29, 0.717) is 21.6 Å². The Kier molecular flexibility index (Phi) is 2.59. The number of nitrogens with zero attached hydrogens (tertiary/aromatic N) is 4. The second-order valence-corrected chi connectivity index (χ2v) is 4.87. The van der Waals surface area contributed by atoms with Crippen molar-refractivity contribution in [2.45, 2.75) is 11.2 Å². The lowest BCUT2D eigenvalue weighted by Gasteiger charge is -2.05. The van der Waals surface area contributed by atoms with Gasteiger partial charge in [-0.15, -0.1) is 11.8 Å². The van der Waals surface area contributed by atoms with Gasteiger partial charge in [-0.3, -0.25) is 4.79 Å². The molecule has 0 bridgehead atoms. The van der Waals surface area contributed by atoms with Gasteiger partial charge in [0.2, 0.25) is 11.5 Å². The number of Topliss-reactive ketones (excluding diaryl/α,β-unsaturated/α-hetero) is 1. The van der Waals surface area contributed by atoms with Crippen LogP contribution < -0.4 is 0 Å². The fourth-order valence-corrected chi connectivity index (χ4v) is 2.48. The second-order valence-electron chi connectivity index (χ2n) is 3.99. The van der Waals surface area contributed by atoms with Gasteiger partial charge in [-0.1, -0.05) is 5.11 Å². The molecule has 2 aliphatic rings. The third-order valence-corrected chi connectivity index (χ3v) is 3.68. The molecule has 0 aromatic heterocycles. The van der Waals surface area contributed by atoms with Gasteiger partial charge in [-0.2, -0.15) is 4.99 Å². The van der Waals surface area contributed by atoms with Gasteiger partial charge >= 0.3 is 6.29 Å². The first kappa shape index (κ1) is 11.8. The maximum absolute atomic E-state index is 12.2. The first-order chi connectivity index (χ1) is 9.15. The lowest BCUT2D eigenvalue weighted by Crippen LogP contribution is -2.29. The van der Waals surface area contributed by atoms with Crippen LogP contribution in [-0.2, 0) is 0 Å². The van der Waals surface area contributed by atoms with E-state index in [1.165, 1.54) is 0 Å². The summed E-state index contributed by atoms with van der Waals surface area (Å²) in [5, 5.41) is 7.07. The molecule has 1 aromatic rings. The number of rotatable bonds is 2. The molecular weight excluding hydrogens is 264 g/mol. The van der Waals surface area contributed by atoms with Gasteiger partial charge in [0.1, 0.15) is 5.71 Å². The van der Waals surface area contributed by atoms with Gasteiger partial charge in [0.05, 0.1) is 4.81 Å². The monoisotopic (exact) mass is 273 g/mol. The van der Waals surface area contributed by atoms with Gasteiger partial charge in [-0.25, -0.2) is 5.53 Å². The van der Waals surface area contributed by atoms with Crippen LogP contribution in [0.15, 0.2) is 38.3 Å². The highest BCUT2D eigenvalue weighted by Gasteiger charge is 2.41. The molecule has 19 heavy (non-hydrogen) atoms. The Morgan fingerprint density at radius 3 is 2.84 bits per heavy atom. The van der Waals surface area contributed by atoms with Gasteiger partial charge < -0.3 is 0 Å². The Morgan fingerprint density at radius 2 is 2.16 bits per heavy atom. The molecule has 2 N–H and O–H groups in total. The highest BCUT2D eigenvalue weighted by molar-refractivity contribution is 7.98. The zero-order valence-electron chi connectivity index (χ0n) is 9.91. The molecule has 1 aliphatic heterocycles. The summed E-state index contributed by atoms with van der Waals surface area (Å²) in [7, 11) is 0. The molecule has 1 atom stereocenters. The van der Waals surface area contributed by atoms with Crippen molar-refractivity contribution in [3.8, 4) is 0 Å². The van der Waals surface area contributed by atoms with Crippen LogP contribution in [0.25, 0.3) is 0 Å². The topological polar surface area (TPSA) is 105 Å². The molecule has 0 saturated heterocycles. The highest BCUT2D eigenvalue weighted by atomic mass is 32.2. The van der Waals surface area contributed by atoms with Crippen molar-refractivity contribution < 1.29 is 9.60 Å². The van der Waals surface area contributed by atoms with Crippen molar-refractivity contribution in [2.75, 3.05) is 6.26 Å². The number of aliphatic imine (C=N–C) groups is 1. The van der Waals surface area contributed by atoms with E-state index in [0.717, 1.165) is 4.90 Å². The standard InChI is InChI=1S/C11H9N6OS/c1-19-5-2-3-6-7(4-5)8-9(10(6)18)16-17(13)11(14-8)15-12/h2-4,11-13H,1H3/q+1. The molecule has 94 valence electrons. The Hall–Kier alpha value is -2.22. The van der Waals surface area contributed by atoms with E-state index < -0.39 is 6.29 Å². The first-order valence-corrected chi connectivity index (χ1v) is 6.65. The normalized spacial score (nSPS) is 20.6. The van der Waals surface area contributed by atoms with E-state index in [1.54, 1.807) is 17.8 Å². The quantitative estimate of drug-likeness (QED) is 0.489. The minimum Gasteiger partial charge on any atom is -0.286 e. The largest absolute Gasteiger partial charge is 0.418 e. The predicted octanol–water partition coefficient (Wildman–Crippen LogP) is 2.12. The van der Waals surface area contributed by atoms with Gasteiger partial charge in [0.25, 0.3) is 0 Å². The summed E-state index contributed by atoms with van der Waals surface area (Å²) < 4.78 is 0. The van der Waals surface area contributed by atoms with Gasteiger partial charge in [0.15, 0.2) is 0 Å². The summed E-state index contributed by atoms with van der Waals surface area (Å²) in [4.78, 5) is 18.0. The average molecular weight is 273 g/mol. The van der Waals surface area contributed by atoms with Crippen LogP contribution in [0.4, 0.5) is 0 Å². The number of hydrogen-bond donors (Lipinski definition) is 2. The van der Waals surface area contributed by atoms with E-state index in [9.17, 15) is 4.79 Å². The fraction of sp³-hybridized carbons (Fsp3) is 0.182. The van der Waals surface area contributed by atoms with Gasteiger partial charge in [-0.05, 0) is 30.0 Å². The Bertz CT molecular complexity index is 692. The van der Waals surface area contributed by atoms with E-state index in [4.69, 9.17) is 11.1 Å². The number of thioether (sulfide) groups is 1. The minimum atomic E-state index is -1.02. The van der Waals surface area contributed by atoms with Crippen LogP contribution in [0.3, 0.4) is 0 Å². The third-order valence-electron chi connectivity index (χ3n) is 2.95. The number of carbonyl (C=O) groups excluding carboxylic acids is 1. The first-order valence-electron chi connectivity index (χ1n) is 5.42. The lowest BCUT2D eigenvalue weighted by molar-refractivity contribution is -0.653. The van der Waals surface area contributed by atoms with E-state index in [-0.39, 0.29) is 11.5 Å². The van der Waals surface area contributed by atoms with Crippen molar-refractivity contribution >= 4 is 29.0 Å². The maximum atomic E-state index is 12.2. The number of carbonyl (C=O) groups is 1. The minimum absolute atomic E-state index is 0.156. The number of hydrazone groups is 1. The zero-order valence-corrected chi connectivity index (χ0v) is 10.7. The van der Waals surface area contributed by atoms with Crippen molar-refractivity contribution in [3.63, 3.8) is 0 Å². The predicted molar refractivity (Wildman–Crippen MR) is 68.4 cm³/mol. The van der Waals surface area contributed by atoms with Crippen molar-refractivity contribution in [1.82, 2.24) is 0 Å². The average Bonchev–Trinajstić information content (AvgIpc) is 2.70. The summed E-state index contributed by atoms with van der Waals surface area (Å²) in [5.41, 5.74) is 16.3. The number of nitrogens with one attached hydrogen (secondary N) is 2. The summed E-state index contributed by atoms with van der Waals surface area (Å²) >= 11 is 1.57. The second kappa shape index (κ2) is 4.16. The fourth-order valence-electron chi connectivity index (χ4n) is 2.04. The molecule has 0 fully saturated rings. The van der Waals surface area contributed by atoms with Crippen LogP contribution in [0, 0.1) is 11.1 Å². The van der Waals surface area contributed by atoms with Crippen molar-refractivity contribution in [2.24, 2.45) is 15.2 Å². The zero-order chi connectivity index (χ0) is 13.6. The van der Waals surface area contributed by atoms with Crippen LogP contribution in [0.1, 0.15) is 15.9 Å². The molecule has 0 saturated carbocycles. The molecule has 0 amide bonds. The van der Waals surface area contributed by atoms with Crippen molar-refractivity contribution in [1.29, 1.82) is 11.1 Å². The highest BCUT2D eigenvalue weighted by Crippen LogP contribution is 2.28. The Labute approximate surface area is 112 Å². The summed E-state index contributed by atoms with van der Waals surface area (Å²) in [6.45, 7) is 0. The van der Waals surface area contributed by atoms with Crippen LogP contribution in [0.5, 0.6) is 0 Å². The van der Waals surface area contributed by atoms with Crippen LogP contribution >= 0.6 is 11.8 Å². The smallest absolute Gasteiger partial charge is 0.286 e. The number of benzene rings is 1.